The van der Waals surface area contributed by atoms with E-state index in [1.807, 2.05) is 30.3 Å². The SMILES string of the molecule is CC(C)(CN)C(=O)N[C@H](CO)Cc1ccccc1. The molecule has 0 aliphatic rings. The number of aliphatic hydroxyl groups excluding tert-OH is 1. The summed E-state index contributed by atoms with van der Waals surface area (Å²) in [5.41, 5.74) is 6.03. The highest BCUT2D eigenvalue weighted by Gasteiger charge is 2.27. The van der Waals surface area contributed by atoms with Gasteiger partial charge in [0, 0.05) is 6.54 Å². The third-order valence-electron chi connectivity index (χ3n) is 3.01. The van der Waals surface area contributed by atoms with Crippen molar-refractivity contribution < 1.29 is 9.90 Å². The van der Waals surface area contributed by atoms with E-state index >= 15 is 0 Å². The number of carbonyl (C=O) groups excluding carboxylic acids is 1. The molecule has 1 rings (SSSR count). The summed E-state index contributed by atoms with van der Waals surface area (Å²) in [6.07, 6.45) is 0.615. The summed E-state index contributed by atoms with van der Waals surface area (Å²) in [7, 11) is 0. The van der Waals surface area contributed by atoms with E-state index in [0.29, 0.717) is 6.42 Å². The molecule has 4 heteroatoms. The molecule has 0 bridgehead atoms. The second kappa shape index (κ2) is 6.52. The number of nitrogens with one attached hydrogen (secondary N) is 1. The maximum atomic E-state index is 12.0. The minimum atomic E-state index is -0.607. The maximum Gasteiger partial charge on any atom is 0.227 e. The lowest BCUT2D eigenvalue weighted by molar-refractivity contribution is -0.129. The molecular formula is C14H22N2O2. The van der Waals surface area contributed by atoms with E-state index in [1.54, 1.807) is 13.8 Å². The molecule has 0 fully saturated rings. The fourth-order valence-corrected chi connectivity index (χ4v) is 1.53. The first-order valence-electron chi connectivity index (χ1n) is 6.15. The van der Waals surface area contributed by atoms with Crippen molar-refractivity contribution in [1.29, 1.82) is 0 Å². The van der Waals surface area contributed by atoms with Crippen LogP contribution in [-0.4, -0.2) is 30.2 Å². The topological polar surface area (TPSA) is 75.4 Å². The van der Waals surface area contributed by atoms with Crippen LogP contribution in [0, 0.1) is 5.41 Å². The standard InChI is InChI=1S/C14H22N2O2/c1-14(2,10-15)13(18)16-12(9-17)8-11-6-4-3-5-7-11/h3-7,12,17H,8-10,15H2,1-2H3,(H,16,18)/t12-/m0/s1. The third kappa shape index (κ3) is 4.13. The van der Waals surface area contributed by atoms with E-state index in [0.717, 1.165) is 5.56 Å². The van der Waals surface area contributed by atoms with Gasteiger partial charge in [-0.05, 0) is 25.8 Å². The average Bonchev–Trinajstić information content (AvgIpc) is 2.38. The lowest BCUT2D eigenvalue weighted by atomic mass is 9.92. The fourth-order valence-electron chi connectivity index (χ4n) is 1.53. The summed E-state index contributed by atoms with van der Waals surface area (Å²) < 4.78 is 0. The molecule has 18 heavy (non-hydrogen) atoms. The molecule has 4 nitrogen and oxygen atoms in total. The summed E-state index contributed by atoms with van der Waals surface area (Å²) in [4.78, 5) is 12.0. The van der Waals surface area contributed by atoms with Gasteiger partial charge < -0.3 is 16.2 Å². The van der Waals surface area contributed by atoms with E-state index < -0.39 is 5.41 Å². The lowest BCUT2D eigenvalue weighted by Gasteiger charge is -2.25. The molecule has 100 valence electrons. The van der Waals surface area contributed by atoms with Crippen LogP contribution >= 0.6 is 0 Å². The zero-order valence-corrected chi connectivity index (χ0v) is 11.0. The molecule has 1 atom stereocenters. The van der Waals surface area contributed by atoms with Crippen LogP contribution in [0.4, 0.5) is 0 Å². The van der Waals surface area contributed by atoms with Gasteiger partial charge in [-0.1, -0.05) is 30.3 Å². The summed E-state index contributed by atoms with van der Waals surface area (Å²) >= 11 is 0. The van der Waals surface area contributed by atoms with Crippen molar-refractivity contribution in [2.24, 2.45) is 11.1 Å². The van der Waals surface area contributed by atoms with E-state index in [9.17, 15) is 9.90 Å². The molecule has 0 aliphatic heterocycles. The molecule has 0 aliphatic carbocycles. The number of aliphatic hydroxyl groups is 1. The van der Waals surface area contributed by atoms with Crippen LogP contribution in [0.5, 0.6) is 0 Å². The highest BCUT2D eigenvalue weighted by molar-refractivity contribution is 5.82. The predicted molar refractivity (Wildman–Crippen MR) is 72.0 cm³/mol. The first-order valence-corrected chi connectivity index (χ1v) is 6.15. The number of nitrogens with two attached hydrogens (primary N) is 1. The first kappa shape index (κ1) is 14.7. The van der Waals surface area contributed by atoms with Gasteiger partial charge in [0.05, 0.1) is 18.1 Å². The van der Waals surface area contributed by atoms with E-state index in [2.05, 4.69) is 5.32 Å². The Hall–Kier alpha value is -1.39. The summed E-state index contributed by atoms with van der Waals surface area (Å²) in [5, 5.41) is 12.2. The van der Waals surface area contributed by atoms with Gasteiger partial charge in [0.15, 0.2) is 0 Å². The minimum absolute atomic E-state index is 0.0821. The summed E-state index contributed by atoms with van der Waals surface area (Å²) in [6.45, 7) is 3.78. The summed E-state index contributed by atoms with van der Waals surface area (Å²) in [5.74, 6) is -0.125. The van der Waals surface area contributed by atoms with Crippen LogP contribution in [0.3, 0.4) is 0 Å². The van der Waals surface area contributed by atoms with Crippen molar-refractivity contribution in [1.82, 2.24) is 5.32 Å². The molecular weight excluding hydrogens is 228 g/mol. The van der Waals surface area contributed by atoms with Crippen molar-refractivity contribution >= 4 is 5.91 Å². The normalized spacial score (nSPS) is 13.1. The largest absolute Gasteiger partial charge is 0.394 e. The molecule has 0 unspecified atom stereocenters. The Labute approximate surface area is 108 Å². The minimum Gasteiger partial charge on any atom is -0.394 e. The molecule has 0 saturated carbocycles. The monoisotopic (exact) mass is 250 g/mol. The van der Waals surface area contributed by atoms with Crippen molar-refractivity contribution in [3.63, 3.8) is 0 Å². The Balaban J connectivity index is 2.60. The number of rotatable bonds is 6. The van der Waals surface area contributed by atoms with E-state index in [-0.39, 0.29) is 25.1 Å². The van der Waals surface area contributed by atoms with Gasteiger partial charge in [-0.2, -0.15) is 0 Å². The number of benzene rings is 1. The Morgan fingerprint density at radius 3 is 2.50 bits per heavy atom. The molecule has 0 spiro atoms. The fraction of sp³-hybridized carbons (Fsp3) is 0.500. The highest BCUT2D eigenvalue weighted by atomic mass is 16.3. The zero-order valence-electron chi connectivity index (χ0n) is 11.0. The summed E-state index contributed by atoms with van der Waals surface area (Å²) in [6, 6.07) is 9.50. The van der Waals surface area contributed by atoms with Crippen molar-refractivity contribution in [2.75, 3.05) is 13.2 Å². The van der Waals surface area contributed by atoms with Gasteiger partial charge in [0.2, 0.25) is 5.91 Å². The predicted octanol–water partition coefficient (Wildman–Crippen LogP) is 0.691. The molecule has 0 heterocycles. The number of carbonyl (C=O) groups is 1. The van der Waals surface area contributed by atoms with Crippen LogP contribution in [0.25, 0.3) is 0 Å². The van der Waals surface area contributed by atoms with Crippen LogP contribution < -0.4 is 11.1 Å². The Morgan fingerprint density at radius 2 is 2.00 bits per heavy atom. The third-order valence-corrected chi connectivity index (χ3v) is 3.01. The van der Waals surface area contributed by atoms with Crippen LogP contribution in [0.2, 0.25) is 0 Å². The molecule has 0 aromatic heterocycles. The van der Waals surface area contributed by atoms with Gasteiger partial charge in [0.1, 0.15) is 0 Å². The molecule has 1 aromatic carbocycles. The molecule has 0 radical (unpaired) electrons. The number of amides is 1. The van der Waals surface area contributed by atoms with Crippen LogP contribution in [-0.2, 0) is 11.2 Å². The highest BCUT2D eigenvalue weighted by Crippen LogP contribution is 2.13. The Kier molecular flexibility index (Phi) is 5.31. The van der Waals surface area contributed by atoms with Crippen molar-refractivity contribution in [3.8, 4) is 0 Å². The lowest BCUT2D eigenvalue weighted by Crippen LogP contribution is -2.48. The quantitative estimate of drug-likeness (QED) is 0.695. The van der Waals surface area contributed by atoms with Gasteiger partial charge >= 0.3 is 0 Å². The first-order chi connectivity index (χ1) is 8.49. The number of hydrogen-bond acceptors (Lipinski definition) is 3. The number of hydrogen-bond donors (Lipinski definition) is 3. The maximum absolute atomic E-state index is 12.0. The Bertz CT molecular complexity index is 377. The molecule has 0 saturated heterocycles. The van der Waals surface area contributed by atoms with Gasteiger partial charge in [-0.25, -0.2) is 0 Å². The van der Waals surface area contributed by atoms with E-state index in [4.69, 9.17) is 5.73 Å². The second-order valence-corrected chi connectivity index (χ2v) is 5.13. The van der Waals surface area contributed by atoms with Gasteiger partial charge in [-0.3, -0.25) is 4.79 Å². The average molecular weight is 250 g/mol. The Morgan fingerprint density at radius 1 is 1.39 bits per heavy atom. The molecule has 1 aromatic rings. The molecule has 1 amide bonds. The zero-order chi connectivity index (χ0) is 13.6. The van der Waals surface area contributed by atoms with Crippen molar-refractivity contribution in [2.45, 2.75) is 26.3 Å². The van der Waals surface area contributed by atoms with E-state index in [1.165, 1.54) is 0 Å². The van der Waals surface area contributed by atoms with Gasteiger partial charge in [-0.15, -0.1) is 0 Å². The second-order valence-electron chi connectivity index (χ2n) is 5.13. The van der Waals surface area contributed by atoms with Gasteiger partial charge in [0.25, 0.3) is 0 Å². The van der Waals surface area contributed by atoms with Crippen LogP contribution in [0.1, 0.15) is 19.4 Å². The molecule has 4 N–H and O–H groups in total. The van der Waals surface area contributed by atoms with Crippen LogP contribution in [0.15, 0.2) is 30.3 Å². The van der Waals surface area contributed by atoms with Crippen molar-refractivity contribution in [3.05, 3.63) is 35.9 Å². The smallest absolute Gasteiger partial charge is 0.227 e.